The van der Waals surface area contributed by atoms with Crippen LogP contribution in [0.15, 0.2) is 63.9 Å². The highest BCUT2D eigenvalue weighted by molar-refractivity contribution is 7.98. The van der Waals surface area contributed by atoms with Crippen LogP contribution < -0.4 is 0 Å². The molecule has 0 bridgehead atoms. The number of benzene rings is 2. The zero-order valence-corrected chi connectivity index (χ0v) is 14.8. The molecule has 1 aromatic heterocycles. The number of carbonyl (C=O) groups is 1. The molecule has 2 aromatic carbocycles. The first-order valence-corrected chi connectivity index (χ1v) is 8.85. The van der Waals surface area contributed by atoms with Crippen molar-refractivity contribution in [2.24, 2.45) is 0 Å². The molecule has 0 amide bonds. The predicted molar refractivity (Wildman–Crippen MR) is 99.1 cm³/mol. The largest absolute Gasteiger partial charge is 0.451 e. The Balaban J connectivity index is 1.94. The van der Waals surface area contributed by atoms with E-state index in [0.717, 1.165) is 0 Å². The fourth-order valence-electron chi connectivity index (χ4n) is 2.45. The van der Waals surface area contributed by atoms with Gasteiger partial charge in [0.05, 0.1) is 14.7 Å². The molecular weight excluding hydrogens is 372 g/mol. The second-order valence-corrected chi connectivity index (χ2v) is 6.29. The Hall–Kier alpha value is -3.46. The lowest BCUT2D eigenvalue weighted by Gasteiger charge is -2.00. The van der Waals surface area contributed by atoms with Gasteiger partial charge >= 0.3 is 0 Å². The topological polar surface area (TPSA) is 116 Å². The maximum Gasteiger partial charge on any atom is 0.269 e. The first kappa shape index (κ1) is 18.3. The maximum absolute atomic E-state index is 12.6. The maximum atomic E-state index is 12.6. The van der Waals surface area contributed by atoms with E-state index in [1.165, 1.54) is 48.2 Å². The van der Waals surface area contributed by atoms with Crippen LogP contribution >= 0.6 is 11.8 Å². The Labute approximate surface area is 157 Å². The number of carbonyl (C=O) groups excluding carboxylic acids is 1. The van der Waals surface area contributed by atoms with Gasteiger partial charge in [0.1, 0.15) is 5.76 Å². The van der Waals surface area contributed by atoms with Crippen molar-refractivity contribution in [2.75, 3.05) is 6.26 Å². The predicted octanol–water partition coefficient (Wildman–Crippen LogP) is 4.72. The smallest absolute Gasteiger partial charge is 0.269 e. The number of furan rings is 1. The molecule has 0 aliphatic rings. The minimum absolute atomic E-state index is 0.0433. The summed E-state index contributed by atoms with van der Waals surface area (Å²) in [5.41, 5.74) is 0.713. The van der Waals surface area contributed by atoms with Gasteiger partial charge in [0.25, 0.3) is 11.4 Å². The molecule has 0 fully saturated rings. The first-order chi connectivity index (χ1) is 12.9. The van der Waals surface area contributed by atoms with Crippen LogP contribution in [0.3, 0.4) is 0 Å². The number of ketones is 1. The molecule has 0 spiro atoms. The third-order valence-electron chi connectivity index (χ3n) is 3.82. The van der Waals surface area contributed by atoms with Gasteiger partial charge in [0.2, 0.25) is 5.78 Å². The van der Waals surface area contributed by atoms with E-state index in [0.29, 0.717) is 16.2 Å². The van der Waals surface area contributed by atoms with E-state index in [1.54, 1.807) is 18.2 Å². The van der Waals surface area contributed by atoms with Crippen molar-refractivity contribution in [3.05, 3.63) is 86.1 Å². The summed E-state index contributed by atoms with van der Waals surface area (Å²) in [6, 6.07) is 12.7. The van der Waals surface area contributed by atoms with Gasteiger partial charge in [-0.15, -0.1) is 11.8 Å². The Kier molecular flexibility index (Phi) is 5.04. The molecule has 0 radical (unpaired) electrons. The van der Waals surface area contributed by atoms with Crippen molar-refractivity contribution in [3.8, 4) is 11.3 Å². The molecule has 8 nitrogen and oxygen atoms in total. The highest BCUT2D eigenvalue weighted by atomic mass is 32.2. The average Bonchev–Trinajstić information content (AvgIpc) is 3.12. The monoisotopic (exact) mass is 384 g/mol. The van der Waals surface area contributed by atoms with Crippen LogP contribution in [-0.4, -0.2) is 21.9 Å². The summed E-state index contributed by atoms with van der Waals surface area (Å²) in [4.78, 5) is 33.8. The van der Waals surface area contributed by atoms with Crippen LogP contribution in [-0.2, 0) is 0 Å². The third-order valence-corrected chi connectivity index (χ3v) is 4.57. The van der Waals surface area contributed by atoms with Gasteiger partial charge in [0, 0.05) is 41.5 Å². The lowest BCUT2D eigenvalue weighted by atomic mass is 10.1. The van der Waals surface area contributed by atoms with Gasteiger partial charge < -0.3 is 4.42 Å². The van der Waals surface area contributed by atoms with Crippen LogP contribution in [0.4, 0.5) is 11.4 Å². The normalized spacial score (nSPS) is 10.6. The minimum Gasteiger partial charge on any atom is -0.451 e. The summed E-state index contributed by atoms with van der Waals surface area (Å²) in [5.74, 6) is 0.109. The fourth-order valence-corrected chi connectivity index (χ4v) is 3.02. The van der Waals surface area contributed by atoms with E-state index < -0.39 is 15.6 Å². The summed E-state index contributed by atoms with van der Waals surface area (Å²) in [7, 11) is 0. The van der Waals surface area contributed by atoms with Crippen LogP contribution in [0.5, 0.6) is 0 Å². The van der Waals surface area contributed by atoms with Crippen molar-refractivity contribution < 1.29 is 19.1 Å². The van der Waals surface area contributed by atoms with E-state index in [9.17, 15) is 25.0 Å². The molecular formula is C18H12N2O6S. The van der Waals surface area contributed by atoms with Gasteiger partial charge in [-0.25, -0.2) is 0 Å². The van der Waals surface area contributed by atoms with Crippen LogP contribution in [0, 0.1) is 20.2 Å². The third kappa shape index (κ3) is 3.72. The molecule has 136 valence electrons. The summed E-state index contributed by atoms with van der Waals surface area (Å²) >= 11 is 1.37. The molecule has 0 atom stereocenters. The molecule has 9 heteroatoms. The molecule has 0 saturated carbocycles. The quantitative estimate of drug-likeness (QED) is 0.261. The van der Waals surface area contributed by atoms with E-state index in [-0.39, 0.29) is 22.7 Å². The van der Waals surface area contributed by atoms with Crippen LogP contribution in [0.1, 0.15) is 16.1 Å². The van der Waals surface area contributed by atoms with Crippen molar-refractivity contribution in [1.82, 2.24) is 0 Å². The van der Waals surface area contributed by atoms with Crippen LogP contribution in [0.25, 0.3) is 11.3 Å². The lowest BCUT2D eigenvalue weighted by Crippen LogP contribution is -1.99. The van der Waals surface area contributed by atoms with Crippen molar-refractivity contribution in [1.29, 1.82) is 0 Å². The van der Waals surface area contributed by atoms with Gasteiger partial charge in [-0.1, -0.05) is 0 Å². The number of thioether (sulfide) groups is 1. The number of rotatable bonds is 6. The van der Waals surface area contributed by atoms with E-state index >= 15 is 0 Å². The molecule has 27 heavy (non-hydrogen) atoms. The van der Waals surface area contributed by atoms with Crippen molar-refractivity contribution >= 4 is 28.9 Å². The number of nitrogens with zero attached hydrogens (tertiary/aromatic N) is 2. The standard InChI is InChI=1S/C18H12N2O6S/c1-27-16-10-15(17(21)11-2-6-13(7-3-11)19(22)23)26-18(16)12-4-8-14(9-5-12)20(24)25/h2-10H,1H3. The minimum atomic E-state index is -0.542. The number of nitro groups is 2. The molecule has 0 aliphatic carbocycles. The summed E-state index contributed by atoms with van der Waals surface area (Å²) in [6.07, 6.45) is 1.82. The molecule has 0 aliphatic heterocycles. The van der Waals surface area contributed by atoms with E-state index in [4.69, 9.17) is 4.42 Å². The SMILES string of the molecule is CSc1cc(C(=O)c2ccc([N+](=O)[O-])cc2)oc1-c1ccc([N+](=O)[O-])cc1. The highest BCUT2D eigenvalue weighted by Gasteiger charge is 2.20. The van der Waals surface area contributed by atoms with E-state index in [2.05, 4.69) is 0 Å². The molecule has 0 N–H and O–H groups in total. The van der Waals surface area contributed by atoms with Gasteiger partial charge in [-0.2, -0.15) is 0 Å². The number of hydrogen-bond donors (Lipinski definition) is 0. The molecule has 0 saturated heterocycles. The van der Waals surface area contributed by atoms with E-state index in [1.807, 2.05) is 6.26 Å². The van der Waals surface area contributed by atoms with Gasteiger partial charge in [-0.05, 0) is 30.5 Å². The van der Waals surface area contributed by atoms with Gasteiger partial charge in [0.15, 0.2) is 5.76 Å². The Morgan fingerprint density at radius 3 is 1.93 bits per heavy atom. The molecule has 3 aromatic rings. The Morgan fingerprint density at radius 1 is 0.926 bits per heavy atom. The summed E-state index contributed by atoms with van der Waals surface area (Å²) < 4.78 is 5.71. The van der Waals surface area contributed by atoms with Crippen molar-refractivity contribution in [3.63, 3.8) is 0 Å². The lowest BCUT2D eigenvalue weighted by molar-refractivity contribution is -0.385. The van der Waals surface area contributed by atoms with Crippen molar-refractivity contribution in [2.45, 2.75) is 4.90 Å². The first-order valence-electron chi connectivity index (χ1n) is 7.62. The average molecular weight is 384 g/mol. The Morgan fingerprint density at radius 2 is 1.44 bits per heavy atom. The number of nitro benzene ring substituents is 2. The second-order valence-electron chi connectivity index (χ2n) is 5.45. The zero-order chi connectivity index (χ0) is 19.6. The number of hydrogen-bond acceptors (Lipinski definition) is 7. The van der Waals surface area contributed by atoms with Crippen LogP contribution in [0.2, 0.25) is 0 Å². The molecule has 3 rings (SSSR count). The highest BCUT2D eigenvalue weighted by Crippen LogP contribution is 2.35. The fraction of sp³-hybridized carbons (Fsp3) is 0.0556. The second kappa shape index (κ2) is 7.42. The van der Waals surface area contributed by atoms with Gasteiger partial charge in [-0.3, -0.25) is 25.0 Å². The summed E-state index contributed by atoms with van der Waals surface area (Å²) in [5, 5.41) is 21.5. The molecule has 1 heterocycles. The zero-order valence-electron chi connectivity index (χ0n) is 13.9. The number of non-ortho nitro benzene ring substituents is 2. The summed E-state index contributed by atoms with van der Waals surface area (Å²) in [6.45, 7) is 0. The Bertz CT molecular complexity index is 1030. The molecule has 0 unspecified atom stereocenters.